The van der Waals surface area contributed by atoms with E-state index in [1.54, 1.807) is 0 Å². The average Bonchev–Trinajstić information content (AvgIpc) is 1.90. The second-order valence-corrected chi connectivity index (χ2v) is 1.74. The molecule has 0 amide bonds. The molecule has 0 unspecified atom stereocenters. The van der Waals surface area contributed by atoms with Gasteiger partial charge in [-0.25, -0.2) is 0 Å². The van der Waals surface area contributed by atoms with Crippen LogP contribution in [0, 0.1) is 0 Å². The monoisotopic (exact) mass is 186 g/mol. The second kappa shape index (κ2) is 11.2. The first-order valence-electron chi connectivity index (χ1n) is 3.52. The van der Waals surface area contributed by atoms with E-state index in [4.69, 9.17) is 9.47 Å². The van der Waals surface area contributed by atoms with Gasteiger partial charge in [-0.2, -0.15) is 0 Å². The van der Waals surface area contributed by atoms with Crippen LogP contribution in [0.5, 0.6) is 0 Å². The Bertz CT molecular complexity index is 81.8. The molecule has 0 fully saturated rings. The minimum absolute atomic E-state index is 0. The molecule has 0 aliphatic rings. The van der Waals surface area contributed by atoms with Gasteiger partial charge in [0, 0.05) is 13.2 Å². The van der Waals surface area contributed by atoms with Gasteiger partial charge in [-0.05, 0) is 13.8 Å². The molecule has 0 aromatic heterocycles. The molecule has 11 heavy (non-hydrogen) atoms. The van der Waals surface area contributed by atoms with E-state index >= 15 is 0 Å². The number of aldehydes is 1. The zero-order valence-electron chi connectivity index (χ0n) is 6.50. The quantitative estimate of drug-likeness (QED) is 0.340. The first kappa shape index (κ1) is 14.7. The number of carbonyl (C=O) groups is 1. The molecular formula is C7H15KO3. The summed E-state index contributed by atoms with van der Waals surface area (Å²) in [4.78, 5) is 10.0. The zero-order valence-corrected chi connectivity index (χ0v) is 6.50. The summed E-state index contributed by atoms with van der Waals surface area (Å²) in [6.07, 6.45) is 0.782. The molecule has 0 rings (SSSR count). The summed E-state index contributed by atoms with van der Waals surface area (Å²) in [5.74, 6) is 0. The normalized spacial score (nSPS) is 9.36. The first-order chi connectivity index (χ1) is 4.85. The third-order valence-corrected chi connectivity index (χ3v) is 0.994. The van der Waals surface area contributed by atoms with Crippen LogP contribution in [0.3, 0.4) is 0 Å². The van der Waals surface area contributed by atoms with Gasteiger partial charge in [0.1, 0.15) is 6.29 Å². The fourth-order valence-corrected chi connectivity index (χ4v) is 0.635. The summed E-state index contributed by atoms with van der Waals surface area (Å²) in [6, 6.07) is 0. The van der Waals surface area contributed by atoms with E-state index in [-0.39, 0.29) is 57.7 Å². The molecule has 0 aliphatic carbocycles. The molecule has 0 radical (unpaired) electrons. The number of hydrogen-bond donors (Lipinski definition) is 0. The van der Waals surface area contributed by atoms with Gasteiger partial charge in [-0.3, -0.25) is 0 Å². The Hall–Kier alpha value is 1.23. The summed E-state index contributed by atoms with van der Waals surface area (Å²) in [6.45, 7) is 4.91. The van der Waals surface area contributed by atoms with Crippen LogP contribution in [0.4, 0.5) is 0 Å². The van der Waals surface area contributed by atoms with Crippen LogP contribution in [-0.2, 0) is 14.3 Å². The van der Waals surface area contributed by atoms with E-state index in [9.17, 15) is 4.79 Å². The first-order valence-corrected chi connectivity index (χ1v) is 3.52. The van der Waals surface area contributed by atoms with Crippen molar-refractivity contribution < 1.29 is 14.3 Å². The van der Waals surface area contributed by atoms with Gasteiger partial charge < -0.3 is 14.3 Å². The molecule has 0 aromatic rings. The van der Waals surface area contributed by atoms with E-state index < -0.39 is 0 Å². The molecule has 0 bridgehead atoms. The molecule has 0 aliphatic heterocycles. The van der Waals surface area contributed by atoms with Gasteiger partial charge in [-0.1, -0.05) is 0 Å². The molecule has 3 nitrogen and oxygen atoms in total. The van der Waals surface area contributed by atoms with E-state index in [1.165, 1.54) is 0 Å². The number of rotatable bonds is 6. The predicted octanol–water partition coefficient (Wildman–Crippen LogP) is 0.326. The predicted molar refractivity (Wildman–Crippen MR) is 44.9 cm³/mol. The molecule has 0 atom stereocenters. The van der Waals surface area contributed by atoms with Crippen LogP contribution >= 0.6 is 0 Å². The third kappa shape index (κ3) is 9.14. The van der Waals surface area contributed by atoms with Gasteiger partial charge in [0.25, 0.3) is 0 Å². The van der Waals surface area contributed by atoms with Crippen molar-refractivity contribution in [3.05, 3.63) is 0 Å². The van der Waals surface area contributed by atoms with Crippen LogP contribution in [0.1, 0.15) is 20.3 Å². The SMILES string of the molecule is CCOC(CC=O)OCC.[KH]. The van der Waals surface area contributed by atoms with Crippen molar-refractivity contribution >= 4 is 57.7 Å². The fourth-order valence-electron chi connectivity index (χ4n) is 0.635. The molecule has 0 heterocycles. The number of ether oxygens (including phenoxy) is 2. The van der Waals surface area contributed by atoms with E-state index in [0.717, 1.165) is 6.29 Å². The van der Waals surface area contributed by atoms with Crippen molar-refractivity contribution in [1.82, 2.24) is 0 Å². The Morgan fingerprint density at radius 2 is 1.73 bits per heavy atom. The molecule has 0 N–H and O–H groups in total. The van der Waals surface area contributed by atoms with Crippen LogP contribution in [0.25, 0.3) is 0 Å². The van der Waals surface area contributed by atoms with Gasteiger partial charge in [0.2, 0.25) is 0 Å². The van der Waals surface area contributed by atoms with Crippen molar-refractivity contribution in [2.45, 2.75) is 26.6 Å². The summed E-state index contributed by atoms with van der Waals surface area (Å²) < 4.78 is 10.1. The minimum atomic E-state index is -0.340. The molecule has 62 valence electrons. The van der Waals surface area contributed by atoms with Gasteiger partial charge >= 0.3 is 51.4 Å². The topological polar surface area (TPSA) is 35.5 Å². The average molecular weight is 186 g/mol. The fraction of sp³-hybridized carbons (Fsp3) is 0.857. The van der Waals surface area contributed by atoms with E-state index in [2.05, 4.69) is 0 Å². The summed E-state index contributed by atoms with van der Waals surface area (Å²) in [5.41, 5.74) is 0. The Balaban J connectivity index is 0. The van der Waals surface area contributed by atoms with Gasteiger partial charge in [0.05, 0.1) is 6.42 Å². The summed E-state index contributed by atoms with van der Waals surface area (Å²) in [7, 11) is 0. The zero-order chi connectivity index (χ0) is 7.82. The van der Waals surface area contributed by atoms with Crippen molar-refractivity contribution in [2.75, 3.05) is 13.2 Å². The Kier molecular flexibility index (Phi) is 15.0. The second-order valence-electron chi connectivity index (χ2n) is 1.74. The summed E-state index contributed by atoms with van der Waals surface area (Å²) in [5, 5.41) is 0. The molecule has 0 saturated heterocycles. The Morgan fingerprint density at radius 3 is 2.00 bits per heavy atom. The molecule has 4 heteroatoms. The van der Waals surface area contributed by atoms with Crippen molar-refractivity contribution in [2.24, 2.45) is 0 Å². The third-order valence-electron chi connectivity index (χ3n) is 0.994. The van der Waals surface area contributed by atoms with Crippen LogP contribution in [-0.4, -0.2) is 77.2 Å². The molecule has 0 saturated carbocycles. The van der Waals surface area contributed by atoms with Crippen molar-refractivity contribution in [3.63, 3.8) is 0 Å². The Morgan fingerprint density at radius 1 is 1.27 bits per heavy atom. The van der Waals surface area contributed by atoms with E-state index in [0.29, 0.717) is 19.6 Å². The van der Waals surface area contributed by atoms with E-state index in [1.807, 2.05) is 13.8 Å². The molecular weight excluding hydrogens is 171 g/mol. The number of carbonyl (C=O) groups excluding carboxylic acids is 1. The molecule has 0 spiro atoms. The number of hydrogen-bond acceptors (Lipinski definition) is 3. The summed E-state index contributed by atoms with van der Waals surface area (Å²) >= 11 is 0. The van der Waals surface area contributed by atoms with Crippen LogP contribution < -0.4 is 0 Å². The maximum absolute atomic E-state index is 10.0. The molecule has 0 aromatic carbocycles. The van der Waals surface area contributed by atoms with Crippen molar-refractivity contribution in [3.8, 4) is 0 Å². The van der Waals surface area contributed by atoms with Gasteiger partial charge in [-0.15, -0.1) is 0 Å². The van der Waals surface area contributed by atoms with Crippen LogP contribution in [0.15, 0.2) is 0 Å². The standard InChI is InChI=1S/C7H14O3.K.H/c1-3-9-7(5-6-8)10-4-2;;/h6-7H,3-5H2,1-2H3;;. The Labute approximate surface area is 110 Å². The van der Waals surface area contributed by atoms with Crippen molar-refractivity contribution in [1.29, 1.82) is 0 Å². The maximum atomic E-state index is 10.0. The van der Waals surface area contributed by atoms with Crippen LogP contribution in [0.2, 0.25) is 0 Å². The van der Waals surface area contributed by atoms with Gasteiger partial charge in [0.15, 0.2) is 6.29 Å².